The van der Waals surface area contributed by atoms with Crippen molar-refractivity contribution in [3.05, 3.63) is 0 Å². The van der Waals surface area contributed by atoms with Crippen molar-refractivity contribution in [2.45, 2.75) is 49.9 Å². The van der Waals surface area contributed by atoms with Crippen LogP contribution in [0.15, 0.2) is 0 Å². The Morgan fingerprint density at radius 1 is 0.941 bits per heavy atom. The predicted octanol–water partition coefficient (Wildman–Crippen LogP) is 0.899. The largest absolute Gasteiger partial charge is 0.481 e. The molecular formula is C12H18O5. The Bertz CT molecular complexity index is 331. The van der Waals surface area contributed by atoms with Gasteiger partial charge in [0.05, 0.1) is 24.2 Å². The summed E-state index contributed by atoms with van der Waals surface area (Å²) in [5.41, 5.74) is -1.97. The van der Waals surface area contributed by atoms with E-state index >= 15 is 0 Å². The maximum atomic E-state index is 11.3. The molecule has 1 heterocycles. The van der Waals surface area contributed by atoms with Gasteiger partial charge in [-0.1, -0.05) is 0 Å². The van der Waals surface area contributed by atoms with Gasteiger partial charge in [0.25, 0.3) is 0 Å². The Morgan fingerprint density at radius 3 is 1.88 bits per heavy atom. The second-order valence-corrected chi connectivity index (χ2v) is 5.53. The van der Waals surface area contributed by atoms with Crippen LogP contribution in [0.2, 0.25) is 0 Å². The third-order valence-electron chi connectivity index (χ3n) is 4.70. The topological polar surface area (TPSA) is 76.0 Å². The van der Waals surface area contributed by atoms with Crippen molar-refractivity contribution in [2.24, 2.45) is 5.41 Å². The average Bonchev–Trinajstić information content (AvgIpc) is 3.01. The molecular weight excluding hydrogens is 224 g/mol. The summed E-state index contributed by atoms with van der Waals surface area (Å²) >= 11 is 0. The van der Waals surface area contributed by atoms with E-state index in [1.807, 2.05) is 0 Å². The van der Waals surface area contributed by atoms with E-state index in [0.29, 0.717) is 51.7 Å². The van der Waals surface area contributed by atoms with Gasteiger partial charge in [-0.2, -0.15) is 0 Å². The zero-order valence-corrected chi connectivity index (χ0v) is 9.78. The van der Waals surface area contributed by atoms with Crippen LogP contribution in [-0.2, 0) is 14.3 Å². The number of aliphatic carboxylic acids is 1. The van der Waals surface area contributed by atoms with Crippen LogP contribution in [0, 0.1) is 5.41 Å². The molecule has 2 aliphatic carbocycles. The van der Waals surface area contributed by atoms with Gasteiger partial charge in [0.1, 0.15) is 0 Å². The van der Waals surface area contributed by atoms with E-state index in [0.717, 1.165) is 0 Å². The van der Waals surface area contributed by atoms with Gasteiger partial charge in [0, 0.05) is 12.8 Å². The number of ether oxygens (including phenoxy) is 2. The molecule has 0 aromatic rings. The van der Waals surface area contributed by atoms with Crippen molar-refractivity contribution in [3.8, 4) is 0 Å². The molecule has 0 aromatic heterocycles. The average molecular weight is 242 g/mol. The molecule has 17 heavy (non-hydrogen) atoms. The fourth-order valence-electron chi connectivity index (χ4n) is 3.31. The van der Waals surface area contributed by atoms with Gasteiger partial charge >= 0.3 is 5.97 Å². The second-order valence-electron chi connectivity index (χ2n) is 5.53. The lowest BCUT2D eigenvalue weighted by Crippen LogP contribution is -2.51. The third kappa shape index (κ3) is 1.53. The Kier molecular flexibility index (Phi) is 2.31. The maximum Gasteiger partial charge on any atom is 0.312 e. The summed E-state index contributed by atoms with van der Waals surface area (Å²) in [6, 6.07) is 0. The first kappa shape index (κ1) is 11.4. The molecule has 5 nitrogen and oxygen atoms in total. The number of hydrogen-bond acceptors (Lipinski definition) is 4. The lowest BCUT2D eigenvalue weighted by Gasteiger charge is -2.43. The quantitative estimate of drug-likeness (QED) is 0.752. The van der Waals surface area contributed by atoms with Crippen LogP contribution in [0.4, 0.5) is 0 Å². The maximum absolute atomic E-state index is 11.3. The molecule has 5 heteroatoms. The first-order valence-corrected chi connectivity index (χ1v) is 6.26. The molecule has 3 aliphatic rings. The fourth-order valence-corrected chi connectivity index (χ4v) is 3.31. The second kappa shape index (κ2) is 3.43. The Hall–Kier alpha value is -0.650. The van der Waals surface area contributed by atoms with Crippen molar-refractivity contribution in [2.75, 3.05) is 13.2 Å². The highest BCUT2D eigenvalue weighted by molar-refractivity contribution is 5.79. The molecule has 3 rings (SSSR count). The summed E-state index contributed by atoms with van der Waals surface area (Å²) < 4.78 is 11.2. The van der Waals surface area contributed by atoms with Gasteiger partial charge in [-0.15, -0.1) is 0 Å². The van der Waals surface area contributed by atoms with Crippen LogP contribution in [-0.4, -0.2) is 40.8 Å². The highest BCUT2D eigenvalue weighted by Gasteiger charge is 2.66. The molecule has 2 saturated carbocycles. The van der Waals surface area contributed by atoms with Gasteiger partial charge in [-0.3, -0.25) is 4.79 Å². The molecule has 96 valence electrons. The van der Waals surface area contributed by atoms with Crippen molar-refractivity contribution >= 4 is 5.97 Å². The minimum atomic E-state index is -1.07. The van der Waals surface area contributed by atoms with Crippen LogP contribution in [0.3, 0.4) is 0 Å². The summed E-state index contributed by atoms with van der Waals surface area (Å²) in [5.74, 6) is -1.40. The zero-order chi connectivity index (χ0) is 12.1. The molecule has 0 bridgehead atoms. The van der Waals surface area contributed by atoms with E-state index in [1.54, 1.807) is 0 Å². The zero-order valence-electron chi connectivity index (χ0n) is 9.78. The summed E-state index contributed by atoms with van der Waals surface area (Å²) in [7, 11) is 0. The normalized spacial score (nSPS) is 32.5. The highest BCUT2D eigenvalue weighted by atomic mass is 16.7. The van der Waals surface area contributed by atoms with Gasteiger partial charge < -0.3 is 19.7 Å². The molecule has 0 aromatic carbocycles. The van der Waals surface area contributed by atoms with E-state index in [1.165, 1.54) is 0 Å². The number of rotatable bonds is 2. The van der Waals surface area contributed by atoms with Gasteiger partial charge in [-0.25, -0.2) is 0 Å². The van der Waals surface area contributed by atoms with Crippen molar-refractivity contribution in [1.29, 1.82) is 0 Å². The van der Waals surface area contributed by atoms with Gasteiger partial charge in [0.15, 0.2) is 5.79 Å². The Labute approximate surface area is 99.7 Å². The highest BCUT2D eigenvalue weighted by Crippen LogP contribution is 2.60. The first-order chi connectivity index (χ1) is 8.02. The van der Waals surface area contributed by atoms with Crippen LogP contribution < -0.4 is 0 Å². The summed E-state index contributed by atoms with van der Waals surface area (Å²) in [4.78, 5) is 11.3. The van der Waals surface area contributed by atoms with Crippen LogP contribution in [0.1, 0.15) is 38.5 Å². The molecule has 0 radical (unpaired) electrons. The molecule has 3 fully saturated rings. The number of carboxylic acids is 1. The predicted molar refractivity (Wildman–Crippen MR) is 57.4 cm³/mol. The van der Waals surface area contributed by atoms with Crippen molar-refractivity contribution in [3.63, 3.8) is 0 Å². The van der Waals surface area contributed by atoms with E-state index in [9.17, 15) is 15.0 Å². The Balaban J connectivity index is 1.73. The molecule has 0 atom stereocenters. The Morgan fingerprint density at radius 2 is 1.47 bits per heavy atom. The molecule has 0 amide bonds. The van der Waals surface area contributed by atoms with Crippen LogP contribution >= 0.6 is 0 Å². The van der Waals surface area contributed by atoms with Crippen LogP contribution in [0.25, 0.3) is 0 Å². The monoisotopic (exact) mass is 242 g/mol. The summed E-state index contributed by atoms with van der Waals surface area (Å²) in [5, 5.41) is 19.8. The lowest BCUT2D eigenvalue weighted by molar-refractivity contribution is -0.215. The van der Waals surface area contributed by atoms with Gasteiger partial charge in [-0.05, 0) is 25.7 Å². The van der Waals surface area contributed by atoms with E-state index < -0.39 is 22.8 Å². The van der Waals surface area contributed by atoms with E-state index in [2.05, 4.69) is 0 Å². The minimum absolute atomic E-state index is 0.458. The number of carbonyl (C=O) groups is 1. The molecule has 1 aliphatic heterocycles. The van der Waals surface area contributed by atoms with Crippen molar-refractivity contribution < 1.29 is 24.5 Å². The summed E-state index contributed by atoms with van der Waals surface area (Å²) in [6.07, 6.45) is 3.29. The minimum Gasteiger partial charge on any atom is -0.481 e. The van der Waals surface area contributed by atoms with E-state index in [-0.39, 0.29) is 0 Å². The molecule has 0 unspecified atom stereocenters. The first-order valence-electron chi connectivity index (χ1n) is 6.26. The summed E-state index contributed by atoms with van der Waals surface area (Å²) in [6.45, 7) is 1.20. The number of hydrogen-bond donors (Lipinski definition) is 2. The fraction of sp³-hybridized carbons (Fsp3) is 0.917. The molecule has 2 N–H and O–H groups in total. The molecule has 1 spiro atoms. The van der Waals surface area contributed by atoms with Crippen LogP contribution in [0.5, 0.6) is 0 Å². The van der Waals surface area contributed by atoms with E-state index in [4.69, 9.17) is 9.47 Å². The van der Waals surface area contributed by atoms with Gasteiger partial charge in [0.2, 0.25) is 0 Å². The standard InChI is InChI=1S/C12H18O5/c13-9(14)10(1-2-10)11(15)3-5-12(6-4-11)16-7-8-17-12/h15H,1-8H2,(H,13,14). The SMILES string of the molecule is O=C(O)C1(C2(O)CCC3(CC2)OCCO3)CC1. The number of carboxylic acid groups (broad SMARTS) is 1. The lowest BCUT2D eigenvalue weighted by atomic mass is 9.71. The third-order valence-corrected chi connectivity index (χ3v) is 4.70. The van der Waals surface area contributed by atoms with Crippen molar-refractivity contribution in [1.82, 2.24) is 0 Å². The smallest absolute Gasteiger partial charge is 0.312 e. The number of aliphatic hydroxyl groups is 1. The molecule has 1 saturated heterocycles.